The molecule has 0 spiro atoms. The maximum absolute atomic E-state index is 11.7. The summed E-state index contributed by atoms with van der Waals surface area (Å²) >= 11 is 3.42. The third-order valence-electron chi connectivity index (χ3n) is 4.57. The van der Waals surface area contributed by atoms with E-state index in [4.69, 9.17) is 9.47 Å². The minimum atomic E-state index is -0.258. The molecule has 0 fully saturated rings. The molecule has 0 bridgehead atoms. The Morgan fingerprint density at radius 1 is 0.821 bits per heavy atom. The molecule has 0 aromatic heterocycles. The van der Waals surface area contributed by atoms with Gasteiger partial charge in [0.15, 0.2) is 0 Å². The number of rotatable bonds is 16. The molecule has 0 amide bonds. The Labute approximate surface area is 178 Å². The predicted molar refractivity (Wildman–Crippen MR) is 116 cm³/mol. The van der Waals surface area contributed by atoms with Gasteiger partial charge in [-0.2, -0.15) is 0 Å². The molecular weight excluding hydrogens is 420 g/mol. The first-order valence-electron chi connectivity index (χ1n) is 10.7. The number of unbranched alkanes of at least 4 members (excludes halogenated alkanes) is 7. The number of esters is 2. The molecule has 5 heteroatoms. The molecule has 0 saturated carbocycles. The van der Waals surface area contributed by atoms with Crippen LogP contribution in [0.15, 0.2) is 28.7 Å². The summed E-state index contributed by atoms with van der Waals surface area (Å²) in [6.07, 6.45) is 11.5. The van der Waals surface area contributed by atoms with Crippen LogP contribution in [0.5, 0.6) is 0 Å². The summed E-state index contributed by atoms with van der Waals surface area (Å²) < 4.78 is 11.5. The normalized spacial score (nSPS) is 10.6. The maximum Gasteiger partial charge on any atom is 0.305 e. The summed E-state index contributed by atoms with van der Waals surface area (Å²) in [5.41, 5.74) is 1.12. The molecule has 28 heavy (non-hydrogen) atoms. The zero-order valence-electron chi connectivity index (χ0n) is 17.2. The Morgan fingerprint density at radius 3 is 2.07 bits per heavy atom. The van der Waals surface area contributed by atoms with Crippen molar-refractivity contribution in [2.75, 3.05) is 13.2 Å². The van der Waals surface area contributed by atoms with Gasteiger partial charge >= 0.3 is 11.9 Å². The van der Waals surface area contributed by atoms with Crippen molar-refractivity contribution in [3.8, 4) is 0 Å². The fourth-order valence-electron chi connectivity index (χ4n) is 2.92. The molecule has 0 radical (unpaired) electrons. The highest BCUT2D eigenvalue weighted by atomic mass is 79.9. The van der Waals surface area contributed by atoms with Gasteiger partial charge in [0, 0.05) is 23.7 Å². The lowest BCUT2D eigenvalue weighted by Crippen LogP contribution is -2.10. The van der Waals surface area contributed by atoms with E-state index in [9.17, 15) is 9.59 Å². The minimum Gasteiger partial charge on any atom is -0.466 e. The van der Waals surface area contributed by atoms with Gasteiger partial charge in [0.1, 0.15) is 0 Å². The molecule has 158 valence electrons. The predicted octanol–water partition coefficient (Wildman–Crippen LogP) is 6.39. The van der Waals surface area contributed by atoms with Gasteiger partial charge in [-0.1, -0.05) is 79.9 Å². The molecule has 0 saturated heterocycles. The van der Waals surface area contributed by atoms with Crippen LogP contribution in [0.2, 0.25) is 0 Å². The Balaban J connectivity index is 1.93. The molecule has 4 nitrogen and oxygen atoms in total. The van der Waals surface area contributed by atoms with Crippen molar-refractivity contribution in [3.05, 3.63) is 34.3 Å². The lowest BCUT2D eigenvalue weighted by molar-refractivity contribution is -0.145. The van der Waals surface area contributed by atoms with E-state index in [1.54, 1.807) is 0 Å². The molecule has 0 aliphatic rings. The second kappa shape index (κ2) is 16.6. The molecule has 0 aliphatic heterocycles. The number of carbonyl (C=O) groups excluding carboxylic acids is 2. The fourth-order valence-corrected chi connectivity index (χ4v) is 3.37. The summed E-state index contributed by atoms with van der Waals surface area (Å²) in [6, 6.07) is 7.93. The first kappa shape index (κ1) is 24.7. The minimum absolute atomic E-state index is 0.218. The van der Waals surface area contributed by atoms with Crippen molar-refractivity contribution in [1.29, 1.82) is 0 Å². The largest absolute Gasteiger partial charge is 0.466 e. The van der Waals surface area contributed by atoms with Crippen molar-refractivity contribution in [1.82, 2.24) is 0 Å². The Hall–Kier alpha value is -1.36. The number of ether oxygens (including phenoxy) is 2. The van der Waals surface area contributed by atoms with Crippen LogP contribution in [0.3, 0.4) is 0 Å². The lowest BCUT2D eigenvalue weighted by atomic mass is 10.1. The monoisotopic (exact) mass is 454 g/mol. The number of hydrogen-bond acceptors (Lipinski definition) is 4. The molecule has 0 atom stereocenters. The van der Waals surface area contributed by atoms with E-state index in [1.807, 2.05) is 24.3 Å². The van der Waals surface area contributed by atoms with Gasteiger partial charge in [-0.15, -0.1) is 0 Å². The third-order valence-corrected chi connectivity index (χ3v) is 5.06. The smallest absolute Gasteiger partial charge is 0.305 e. The van der Waals surface area contributed by atoms with E-state index in [2.05, 4.69) is 22.9 Å². The van der Waals surface area contributed by atoms with E-state index in [1.165, 1.54) is 38.5 Å². The summed E-state index contributed by atoms with van der Waals surface area (Å²) in [5, 5.41) is 0. The average molecular weight is 455 g/mol. The van der Waals surface area contributed by atoms with Gasteiger partial charge < -0.3 is 9.47 Å². The number of benzene rings is 1. The Morgan fingerprint density at radius 2 is 1.43 bits per heavy atom. The van der Waals surface area contributed by atoms with Crippen LogP contribution in [-0.2, 0) is 25.5 Å². The van der Waals surface area contributed by atoms with Gasteiger partial charge in [0.2, 0.25) is 0 Å². The third kappa shape index (κ3) is 13.8. The molecule has 0 aliphatic carbocycles. The summed E-state index contributed by atoms with van der Waals surface area (Å²) in [7, 11) is 0. The first-order valence-corrected chi connectivity index (χ1v) is 11.5. The highest BCUT2D eigenvalue weighted by Gasteiger charge is 2.07. The summed E-state index contributed by atoms with van der Waals surface area (Å²) in [4.78, 5) is 23.4. The topological polar surface area (TPSA) is 52.6 Å². The number of hydrogen-bond donors (Lipinski definition) is 0. The van der Waals surface area contributed by atoms with E-state index in [0.29, 0.717) is 26.1 Å². The van der Waals surface area contributed by atoms with Crippen LogP contribution >= 0.6 is 15.9 Å². The molecular formula is C23H35BrO4. The van der Waals surface area contributed by atoms with Crippen LogP contribution in [0.1, 0.15) is 83.1 Å². The van der Waals surface area contributed by atoms with E-state index < -0.39 is 0 Å². The number of carbonyl (C=O) groups is 2. The average Bonchev–Trinajstić information content (AvgIpc) is 2.67. The van der Waals surface area contributed by atoms with Crippen molar-refractivity contribution < 1.29 is 19.1 Å². The van der Waals surface area contributed by atoms with Gasteiger partial charge in [-0.3, -0.25) is 9.59 Å². The van der Waals surface area contributed by atoms with Crippen LogP contribution in [0, 0.1) is 0 Å². The highest BCUT2D eigenvalue weighted by Crippen LogP contribution is 2.12. The van der Waals surface area contributed by atoms with Crippen molar-refractivity contribution >= 4 is 27.9 Å². The van der Waals surface area contributed by atoms with Crippen LogP contribution < -0.4 is 0 Å². The highest BCUT2D eigenvalue weighted by molar-refractivity contribution is 9.10. The van der Waals surface area contributed by atoms with Crippen LogP contribution in [-0.4, -0.2) is 25.2 Å². The lowest BCUT2D eigenvalue weighted by Gasteiger charge is -2.06. The van der Waals surface area contributed by atoms with Crippen molar-refractivity contribution in [3.63, 3.8) is 0 Å². The van der Waals surface area contributed by atoms with E-state index in [0.717, 1.165) is 22.9 Å². The quantitative estimate of drug-likeness (QED) is 0.214. The molecule has 0 N–H and O–H groups in total. The van der Waals surface area contributed by atoms with Gasteiger partial charge in [-0.05, 0) is 30.5 Å². The summed E-state index contributed by atoms with van der Waals surface area (Å²) in [5.74, 6) is -0.476. The van der Waals surface area contributed by atoms with Gasteiger partial charge in [0.05, 0.1) is 13.2 Å². The second-order valence-electron chi connectivity index (χ2n) is 7.15. The first-order chi connectivity index (χ1) is 13.6. The Bertz CT molecular complexity index is 559. The molecule has 0 unspecified atom stereocenters. The Kier molecular flexibility index (Phi) is 14.6. The van der Waals surface area contributed by atoms with E-state index in [-0.39, 0.29) is 24.8 Å². The second-order valence-corrected chi connectivity index (χ2v) is 8.06. The molecule has 0 heterocycles. The zero-order chi connectivity index (χ0) is 20.5. The van der Waals surface area contributed by atoms with Crippen molar-refractivity contribution in [2.45, 2.75) is 84.0 Å². The van der Waals surface area contributed by atoms with Gasteiger partial charge in [-0.25, -0.2) is 0 Å². The summed E-state index contributed by atoms with van der Waals surface area (Å²) in [6.45, 7) is 3.08. The molecule has 1 aromatic rings. The molecule has 1 aromatic carbocycles. The van der Waals surface area contributed by atoms with Gasteiger partial charge in [0.25, 0.3) is 0 Å². The fraction of sp³-hybridized carbons (Fsp3) is 0.652. The standard InChI is InChI=1S/C23H35BrO4/c1-2-3-4-5-6-7-8-9-17-27-22(25)14-11-15-23(26)28-18-16-20-12-10-13-21(24)19-20/h10,12-13,19H,2-9,11,14-18H2,1H3. The van der Waals surface area contributed by atoms with Crippen molar-refractivity contribution in [2.24, 2.45) is 0 Å². The maximum atomic E-state index is 11.7. The molecule has 1 rings (SSSR count). The van der Waals surface area contributed by atoms with E-state index >= 15 is 0 Å². The van der Waals surface area contributed by atoms with Crippen LogP contribution in [0.25, 0.3) is 0 Å². The van der Waals surface area contributed by atoms with Crippen LogP contribution in [0.4, 0.5) is 0 Å². The number of halogens is 1. The zero-order valence-corrected chi connectivity index (χ0v) is 18.8. The SMILES string of the molecule is CCCCCCCCCCOC(=O)CCCC(=O)OCCc1cccc(Br)c1.